The zero-order valence-electron chi connectivity index (χ0n) is 9.84. The summed E-state index contributed by atoms with van der Waals surface area (Å²) in [6.45, 7) is 3.77. The van der Waals surface area contributed by atoms with E-state index >= 15 is 0 Å². The molecule has 0 spiro atoms. The molecule has 5 heteroatoms. The van der Waals surface area contributed by atoms with E-state index in [9.17, 15) is 0 Å². The number of aromatic nitrogens is 3. The van der Waals surface area contributed by atoms with E-state index in [1.54, 1.807) is 4.68 Å². The zero-order chi connectivity index (χ0) is 12.1. The number of hydrogen-bond donors (Lipinski definition) is 1. The van der Waals surface area contributed by atoms with Gasteiger partial charge < -0.3 is 10.5 Å². The van der Waals surface area contributed by atoms with Crippen molar-refractivity contribution in [3.8, 4) is 5.75 Å². The number of ether oxygens (including phenoxy) is 1. The Morgan fingerprint density at radius 2 is 2.06 bits per heavy atom. The lowest BCUT2D eigenvalue weighted by Crippen LogP contribution is -2.00. The average Bonchev–Trinajstić information content (AvgIpc) is 2.80. The number of nitrogens with two attached hydrogens (primary N) is 1. The van der Waals surface area contributed by atoms with Crippen molar-refractivity contribution in [2.24, 2.45) is 5.73 Å². The van der Waals surface area contributed by atoms with Crippen LogP contribution in [0.2, 0.25) is 0 Å². The Morgan fingerprint density at radius 3 is 2.65 bits per heavy atom. The van der Waals surface area contributed by atoms with Crippen LogP contribution in [0, 0.1) is 0 Å². The quantitative estimate of drug-likeness (QED) is 0.840. The van der Waals surface area contributed by atoms with Gasteiger partial charge in [0.25, 0.3) is 0 Å². The Morgan fingerprint density at radius 1 is 1.29 bits per heavy atom. The zero-order valence-corrected chi connectivity index (χ0v) is 9.84. The van der Waals surface area contributed by atoms with Crippen LogP contribution >= 0.6 is 0 Å². The number of hydrogen-bond acceptors (Lipinski definition) is 4. The molecule has 0 amide bonds. The van der Waals surface area contributed by atoms with E-state index in [2.05, 4.69) is 10.3 Å². The van der Waals surface area contributed by atoms with Crippen molar-refractivity contribution in [2.75, 3.05) is 6.61 Å². The summed E-state index contributed by atoms with van der Waals surface area (Å²) >= 11 is 0. The third-order valence-corrected chi connectivity index (χ3v) is 2.37. The highest BCUT2D eigenvalue weighted by Gasteiger charge is 2.00. The standard InChI is InChI=1S/C12H16N4O/c1-2-17-12-5-3-10(4-6-12)8-16-9-11(7-13)14-15-16/h3-6,9H,2,7-8,13H2,1H3. The first kappa shape index (κ1) is 11.6. The van der Waals surface area contributed by atoms with Crippen LogP contribution in [-0.4, -0.2) is 21.6 Å². The number of benzene rings is 1. The minimum Gasteiger partial charge on any atom is -0.494 e. The number of rotatable bonds is 5. The van der Waals surface area contributed by atoms with Crippen LogP contribution in [0.1, 0.15) is 18.2 Å². The molecule has 0 unspecified atom stereocenters. The van der Waals surface area contributed by atoms with Gasteiger partial charge in [-0.15, -0.1) is 5.10 Å². The molecule has 1 heterocycles. The summed E-state index contributed by atoms with van der Waals surface area (Å²) in [5.74, 6) is 0.887. The Balaban J connectivity index is 2.03. The molecule has 1 aromatic heterocycles. The molecular formula is C12H16N4O. The predicted molar refractivity (Wildman–Crippen MR) is 64.6 cm³/mol. The van der Waals surface area contributed by atoms with Crippen molar-refractivity contribution in [1.82, 2.24) is 15.0 Å². The van der Waals surface area contributed by atoms with Gasteiger partial charge in [-0.05, 0) is 24.6 Å². The Labute approximate surface area is 100 Å². The second kappa shape index (κ2) is 5.45. The second-order valence-corrected chi connectivity index (χ2v) is 3.69. The minimum absolute atomic E-state index is 0.420. The van der Waals surface area contributed by atoms with Crippen LogP contribution in [0.15, 0.2) is 30.5 Å². The fraction of sp³-hybridized carbons (Fsp3) is 0.333. The third-order valence-electron chi connectivity index (χ3n) is 2.37. The SMILES string of the molecule is CCOc1ccc(Cn2cc(CN)nn2)cc1. The van der Waals surface area contributed by atoms with Gasteiger partial charge in [0.05, 0.1) is 25.0 Å². The van der Waals surface area contributed by atoms with Crippen molar-refractivity contribution < 1.29 is 4.74 Å². The summed E-state index contributed by atoms with van der Waals surface area (Å²) in [7, 11) is 0. The van der Waals surface area contributed by atoms with Gasteiger partial charge in [-0.1, -0.05) is 17.3 Å². The van der Waals surface area contributed by atoms with E-state index in [0.717, 1.165) is 17.0 Å². The van der Waals surface area contributed by atoms with Crippen molar-refractivity contribution >= 4 is 0 Å². The molecule has 2 rings (SSSR count). The monoisotopic (exact) mass is 232 g/mol. The van der Waals surface area contributed by atoms with Gasteiger partial charge in [0.1, 0.15) is 5.75 Å². The maximum absolute atomic E-state index is 5.48. The summed E-state index contributed by atoms with van der Waals surface area (Å²) in [5, 5.41) is 7.94. The van der Waals surface area contributed by atoms with Gasteiger partial charge in [0.15, 0.2) is 0 Å². The van der Waals surface area contributed by atoms with Crippen LogP contribution in [0.4, 0.5) is 0 Å². The minimum atomic E-state index is 0.420. The fourth-order valence-electron chi connectivity index (χ4n) is 1.55. The molecule has 0 aliphatic carbocycles. The van der Waals surface area contributed by atoms with Gasteiger partial charge in [0, 0.05) is 6.54 Å². The lowest BCUT2D eigenvalue weighted by molar-refractivity contribution is 0.340. The van der Waals surface area contributed by atoms with Gasteiger partial charge in [0.2, 0.25) is 0 Å². The molecule has 17 heavy (non-hydrogen) atoms. The second-order valence-electron chi connectivity index (χ2n) is 3.69. The Kier molecular flexibility index (Phi) is 3.72. The van der Waals surface area contributed by atoms with Crippen LogP contribution in [0.5, 0.6) is 5.75 Å². The van der Waals surface area contributed by atoms with Crippen molar-refractivity contribution in [3.05, 3.63) is 41.7 Å². The van der Waals surface area contributed by atoms with Crippen LogP contribution < -0.4 is 10.5 Å². The Hall–Kier alpha value is -1.88. The molecule has 0 atom stereocenters. The van der Waals surface area contributed by atoms with E-state index in [1.165, 1.54) is 0 Å². The van der Waals surface area contributed by atoms with E-state index in [1.807, 2.05) is 37.4 Å². The fourth-order valence-corrected chi connectivity index (χ4v) is 1.55. The Bertz CT molecular complexity index is 464. The van der Waals surface area contributed by atoms with Gasteiger partial charge in [-0.25, -0.2) is 4.68 Å². The summed E-state index contributed by atoms with van der Waals surface area (Å²) in [6, 6.07) is 7.96. The normalized spacial score (nSPS) is 10.5. The summed E-state index contributed by atoms with van der Waals surface area (Å²) in [5.41, 5.74) is 7.43. The van der Waals surface area contributed by atoms with E-state index < -0.39 is 0 Å². The molecular weight excluding hydrogens is 216 g/mol. The highest BCUT2D eigenvalue weighted by molar-refractivity contribution is 5.27. The van der Waals surface area contributed by atoms with Crippen LogP contribution in [0.25, 0.3) is 0 Å². The number of nitrogens with zero attached hydrogens (tertiary/aromatic N) is 3. The first-order valence-electron chi connectivity index (χ1n) is 5.62. The van der Waals surface area contributed by atoms with E-state index in [0.29, 0.717) is 19.7 Å². The molecule has 0 saturated carbocycles. The summed E-state index contributed by atoms with van der Waals surface area (Å²) in [4.78, 5) is 0. The lowest BCUT2D eigenvalue weighted by atomic mass is 10.2. The highest BCUT2D eigenvalue weighted by atomic mass is 16.5. The first-order chi connectivity index (χ1) is 8.31. The van der Waals surface area contributed by atoms with E-state index in [-0.39, 0.29) is 0 Å². The third kappa shape index (κ3) is 3.04. The summed E-state index contributed by atoms with van der Waals surface area (Å²) < 4.78 is 7.16. The maximum atomic E-state index is 5.48. The molecule has 1 aromatic carbocycles. The van der Waals surface area contributed by atoms with Gasteiger partial charge >= 0.3 is 0 Å². The smallest absolute Gasteiger partial charge is 0.119 e. The van der Waals surface area contributed by atoms with Gasteiger partial charge in [-0.2, -0.15) is 0 Å². The maximum Gasteiger partial charge on any atom is 0.119 e. The molecule has 5 nitrogen and oxygen atoms in total. The van der Waals surface area contributed by atoms with Crippen LogP contribution in [-0.2, 0) is 13.1 Å². The molecule has 2 N–H and O–H groups in total. The molecule has 0 fully saturated rings. The largest absolute Gasteiger partial charge is 0.494 e. The molecule has 0 aliphatic rings. The van der Waals surface area contributed by atoms with Crippen molar-refractivity contribution in [2.45, 2.75) is 20.0 Å². The predicted octanol–water partition coefficient (Wildman–Crippen LogP) is 1.18. The molecule has 90 valence electrons. The molecule has 0 aliphatic heterocycles. The van der Waals surface area contributed by atoms with Gasteiger partial charge in [-0.3, -0.25) is 0 Å². The lowest BCUT2D eigenvalue weighted by Gasteiger charge is -2.04. The van der Waals surface area contributed by atoms with E-state index in [4.69, 9.17) is 10.5 Å². The first-order valence-corrected chi connectivity index (χ1v) is 5.62. The van der Waals surface area contributed by atoms with Crippen LogP contribution in [0.3, 0.4) is 0 Å². The molecule has 2 aromatic rings. The highest BCUT2D eigenvalue weighted by Crippen LogP contribution is 2.12. The molecule has 0 bridgehead atoms. The van der Waals surface area contributed by atoms with Crippen molar-refractivity contribution in [3.63, 3.8) is 0 Å². The summed E-state index contributed by atoms with van der Waals surface area (Å²) in [6.07, 6.45) is 1.86. The molecule has 0 saturated heterocycles. The van der Waals surface area contributed by atoms with Crippen molar-refractivity contribution in [1.29, 1.82) is 0 Å². The topological polar surface area (TPSA) is 66.0 Å². The average molecular weight is 232 g/mol. The molecule has 0 radical (unpaired) electrons.